The van der Waals surface area contributed by atoms with E-state index in [9.17, 15) is 0 Å². The number of hydrogen-bond donors (Lipinski definition) is 0. The van der Waals surface area contributed by atoms with Crippen molar-refractivity contribution in [2.45, 2.75) is 32.5 Å². The van der Waals surface area contributed by atoms with Gasteiger partial charge in [0.15, 0.2) is 0 Å². The van der Waals surface area contributed by atoms with Gasteiger partial charge < -0.3 is 9.15 Å². The van der Waals surface area contributed by atoms with E-state index in [-0.39, 0.29) is 12.4 Å². The van der Waals surface area contributed by atoms with E-state index in [0.29, 0.717) is 0 Å². The van der Waals surface area contributed by atoms with Gasteiger partial charge in [-0.25, -0.2) is 0 Å². The molecule has 1 aromatic heterocycles. The van der Waals surface area contributed by atoms with Crippen molar-refractivity contribution >= 4 is 25.9 Å². The summed E-state index contributed by atoms with van der Waals surface area (Å²) in [6.45, 7) is 12.1. The molecule has 5 heteroatoms. The minimum atomic E-state index is -1.37. The van der Waals surface area contributed by atoms with Gasteiger partial charge in [-0.1, -0.05) is 13.1 Å². The van der Waals surface area contributed by atoms with Crippen LogP contribution < -0.4 is 5.38 Å². The van der Waals surface area contributed by atoms with Crippen LogP contribution in [0.2, 0.25) is 19.1 Å². The maximum absolute atomic E-state index is 5.82. The molecule has 1 saturated heterocycles. The van der Waals surface area contributed by atoms with Crippen molar-refractivity contribution in [3.63, 3.8) is 0 Å². The number of rotatable bonds is 5. The third-order valence-corrected chi connectivity index (χ3v) is 6.99. The Kier molecular flexibility index (Phi) is 6.60. The fourth-order valence-corrected chi connectivity index (χ4v) is 4.75. The highest BCUT2D eigenvalue weighted by molar-refractivity contribution is 6.88. The minimum Gasteiger partial charge on any atom is -0.472 e. The molecule has 1 fully saturated rings. The summed E-state index contributed by atoms with van der Waals surface area (Å²) in [4.78, 5) is 2.52. The van der Waals surface area contributed by atoms with Gasteiger partial charge in [-0.15, -0.1) is 12.4 Å². The lowest BCUT2D eigenvalue weighted by atomic mass is 10.3. The highest BCUT2D eigenvalue weighted by atomic mass is 35.5. The number of morpholine rings is 1. The predicted molar refractivity (Wildman–Crippen MR) is 84.5 cm³/mol. The third kappa shape index (κ3) is 4.95. The van der Waals surface area contributed by atoms with Crippen molar-refractivity contribution in [2.24, 2.45) is 0 Å². The van der Waals surface area contributed by atoms with Gasteiger partial charge in [-0.2, -0.15) is 0 Å². The molecule has 0 radical (unpaired) electrons. The molecule has 0 spiro atoms. The first-order valence-electron chi connectivity index (χ1n) is 6.95. The molecule has 3 nitrogen and oxygen atoms in total. The highest BCUT2D eigenvalue weighted by Crippen LogP contribution is 2.15. The lowest BCUT2D eigenvalue weighted by molar-refractivity contribution is 0.0379. The molecule has 2 heterocycles. The van der Waals surface area contributed by atoms with Crippen LogP contribution in [-0.2, 0) is 4.74 Å². The smallest absolute Gasteiger partial charge is 0.126 e. The fraction of sp³-hybridized carbons (Fsp3) is 0.714. The summed E-state index contributed by atoms with van der Waals surface area (Å²) in [5, 5.41) is 1.25. The SMILES string of the molecule is Cc1ccc([Si](C)(C)CCCN2CCOCC2)o1.Cl. The maximum atomic E-state index is 5.82. The Balaban J connectivity index is 0.00000180. The molecule has 0 atom stereocenters. The third-order valence-electron chi connectivity index (χ3n) is 3.79. The van der Waals surface area contributed by atoms with Crippen LogP contribution in [0.4, 0.5) is 0 Å². The standard InChI is InChI=1S/C14H25NO2Si.ClH/c1-13-5-6-14(17-13)18(2,3)12-4-7-15-8-10-16-11-9-15;/h5-6H,4,7-12H2,1-3H3;1H. The Morgan fingerprint density at radius 3 is 2.47 bits per heavy atom. The lowest BCUT2D eigenvalue weighted by Crippen LogP contribution is -2.42. The molecule has 0 saturated carbocycles. The molecule has 2 rings (SSSR count). The van der Waals surface area contributed by atoms with Crippen LogP contribution in [0.1, 0.15) is 12.2 Å². The predicted octanol–water partition coefficient (Wildman–Crippen LogP) is 2.65. The summed E-state index contributed by atoms with van der Waals surface area (Å²) in [6.07, 6.45) is 1.28. The first kappa shape index (κ1) is 16.8. The molecule has 19 heavy (non-hydrogen) atoms. The van der Waals surface area contributed by atoms with Gasteiger partial charge in [-0.05, 0) is 38.1 Å². The Labute approximate surface area is 123 Å². The van der Waals surface area contributed by atoms with Crippen LogP contribution in [0.3, 0.4) is 0 Å². The van der Waals surface area contributed by atoms with E-state index in [1.807, 2.05) is 6.92 Å². The molecule has 1 aromatic rings. The summed E-state index contributed by atoms with van der Waals surface area (Å²) in [5.74, 6) is 1.04. The lowest BCUT2D eigenvalue weighted by Gasteiger charge is -2.28. The molecule has 0 unspecified atom stereocenters. The van der Waals surface area contributed by atoms with Gasteiger partial charge in [0.05, 0.1) is 24.4 Å². The second-order valence-corrected chi connectivity index (χ2v) is 10.6. The van der Waals surface area contributed by atoms with Gasteiger partial charge >= 0.3 is 0 Å². The van der Waals surface area contributed by atoms with E-state index in [2.05, 4.69) is 30.1 Å². The van der Waals surface area contributed by atoms with Gasteiger partial charge in [0.1, 0.15) is 8.07 Å². The van der Waals surface area contributed by atoms with Gasteiger partial charge in [-0.3, -0.25) is 4.90 Å². The number of furan rings is 1. The number of hydrogen-bond acceptors (Lipinski definition) is 3. The van der Waals surface area contributed by atoms with Crippen molar-refractivity contribution < 1.29 is 9.15 Å². The van der Waals surface area contributed by atoms with Crippen LogP contribution in [0.5, 0.6) is 0 Å². The molecule has 0 aliphatic carbocycles. The molecule has 0 amide bonds. The maximum Gasteiger partial charge on any atom is 0.126 e. The summed E-state index contributed by atoms with van der Waals surface area (Å²) < 4.78 is 11.2. The van der Waals surface area contributed by atoms with E-state index >= 15 is 0 Å². The zero-order valence-electron chi connectivity index (χ0n) is 12.3. The minimum absolute atomic E-state index is 0. The number of nitrogens with zero attached hydrogens (tertiary/aromatic N) is 1. The first-order chi connectivity index (χ1) is 8.58. The van der Waals surface area contributed by atoms with Crippen LogP contribution in [0, 0.1) is 6.92 Å². The van der Waals surface area contributed by atoms with E-state index < -0.39 is 8.07 Å². The van der Waals surface area contributed by atoms with E-state index in [4.69, 9.17) is 9.15 Å². The number of halogens is 1. The quantitative estimate of drug-likeness (QED) is 0.782. The van der Waals surface area contributed by atoms with Crippen LogP contribution >= 0.6 is 12.4 Å². The van der Waals surface area contributed by atoms with Gasteiger partial charge in [0.25, 0.3) is 0 Å². The number of ether oxygens (including phenoxy) is 1. The Morgan fingerprint density at radius 1 is 1.21 bits per heavy atom. The zero-order chi connectivity index (χ0) is 13.0. The van der Waals surface area contributed by atoms with Gasteiger partial charge in [0.2, 0.25) is 0 Å². The molecule has 1 aliphatic rings. The largest absolute Gasteiger partial charge is 0.472 e. The molecule has 110 valence electrons. The van der Waals surface area contributed by atoms with Crippen molar-refractivity contribution in [2.75, 3.05) is 32.8 Å². The average Bonchev–Trinajstić information content (AvgIpc) is 2.78. The van der Waals surface area contributed by atoms with Crippen molar-refractivity contribution in [3.8, 4) is 0 Å². The van der Waals surface area contributed by atoms with Gasteiger partial charge in [0, 0.05) is 13.1 Å². The topological polar surface area (TPSA) is 25.6 Å². The molecular weight excluding hydrogens is 278 g/mol. The fourth-order valence-electron chi connectivity index (χ4n) is 2.49. The van der Waals surface area contributed by atoms with E-state index in [1.54, 1.807) is 0 Å². The summed E-state index contributed by atoms with van der Waals surface area (Å²) >= 11 is 0. The van der Waals surface area contributed by atoms with Crippen LogP contribution in [0.15, 0.2) is 16.5 Å². The Morgan fingerprint density at radius 2 is 1.89 bits per heavy atom. The van der Waals surface area contributed by atoms with E-state index in [1.165, 1.54) is 24.4 Å². The Bertz CT molecular complexity index is 375. The monoisotopic (exact) mass is 303 g/mol. The summed E-state index contributed by atoms with van der Waals surface area (Å²) in [7, 11) is -1.37. The molecule has 0 N–H and O–H groups in total. The average molecular weight is 304 g/mol. The normalized spacial score (nSPS) is 17.2. The van der Waals surface area contributed by atoms with Crippen LogP contribution in [0.25, 0.3) is 0 Å². The second-order valence-electron chi connectivity index (χ2n) is 5.85. The molecule has 1 aliphatic heterocycles. The molecule has 0 bridgehead atoms. The Hall–Kier alpha value is -0.293. The van der Waals surface area contributed by atoms with Crippen LogP contribution in [-0.4, -0.2) is 45.8 Å². The van der Waals surface area contributed by atoms with E-state index in [0.717, 1.165) is 32.1 Å². The molecule has 0 aromatic carbocycles. The zero-order valence-corrected chi connectivity index (χ0v) is 14.1. The van der Waals surface area contributed by atoms with Crippen molar-refractivity contribution in [1.82, 2.24) is 4.90 Å². The second kappa shape index (κ2) is 7.48. The van der Waals surface area contributed by atoms with Crippen molar-refractivity contribution in [3.05, 3.63) is 17.9 Å². The van der Waals surface area contributed by atoms with Crippen molar-refractivity contribution in [1.29, 1.82) is 0 Å². The summed E-state index contributed by atoms with van der Waals surface area (Å²) in [5.41, 5.74) is 0. The number of aryl methyl sites for hydroxylation is 1. The first-order valence-corrected chi connectivity index (χ1v) is 10.2. The highest BCUT2D eigenvalue weighted by Gasteiger charge is 2.27. The summed E-state index contributed by atoms with van der Waals surface area (Å²) in [6, 6.07) is 5.57. The molecular formula is C14H26ClNO2Si.